The van der Waals surface area contributed by atoms with E-state index in [4.69, 9.17) is 4.42 Å². The van der Waals surface area contributed by atoms with Crippen LogP contribution in [-0.4, -0.2) is 10.2 Å². The summed E-state index contributed by atoms with van der Waals surface area (Å²) in [5.74, 6) is 0.367. The van der Waals surface area contributed by atoms with Crippen LogP contribution in [0.5, 0.6) is 0 Å². The number of aliphatic hydroxyl groups is 2. The molecule has 0 saturated heterocycles. The van der Waals surface area contributed by atoms with E-state index < -0.39 is 12.2 Å². The van der Waals surface area contributed by atoms with Crippen molar-refractivity contribution < 1.29 is 14.6 Å². The first-order valence-corrected chi connectivity index (χ1v) is 4.73. The molecular weight excluding hydrogens is 192 g/mol. The van der Waals surface area contributed by atoms with Crippen LogP contribution in [0.2, 0.25) is 0 Å². The topological polar surface area (TPSA) is 53.6 Å². The minimum Gasteiger partial charge on any atom is -0.466 e. The van der Waals surface area contributed by atoms with Crippen LogP contribution in [-0.2, 0) is 0 Å². The highest BCUT2D eigenvalue weighted by Gasteiger charge is 2.21. The van der Waals surface area contributed by atoms with E-state index in [1.54, 1.807) is 24.3 Å². The first-order chi connectivity index (χ1) is 7.29. The van der Waals surface area contributed by atoms with E-state index in [2.05, 4.69) is 0 Å². The van der Waals surface area contributed by atoms with E-state index in [1.165, 1.54) is 6.26 Å². The molecule has 0 amide bonds. The maximum Gasteiger partial charge on any atom is 0.142 e. The number of hydrogen-bond donors (Lipinski definition) is 2. The number of hydrogen-bond acceptors (Lipinski definition) is 3. The van der Waals surface area contributed by atoms with Crippen molar-refractivity contribution in [3.8, 4) is 0 Å². The number of furan rings is 1. The zero-order chi connectivity index (χ0) is 10.7. The Morgan fingerprint density at radius 2 is 1.60 bits per heavy atom. The van der Waals surface area contributed by atoms with Crippen LogP contribution in [0.1, 0.15) is 23.5 Å². The van der Waals surface area contributed by atoms with Gasteiger partial charge in [-0.3, -0.25) is 0 Å². The summed E-state index contributed by atoms with van der Waals surface area (Å²) in [6.07, 6.45) is -0.518. The minimum absolute atomic E-state index is 0.367. The molecule has 2 unspecified atom stereocenters. The lowest BCUT2D eigenvalue weighted by atomic mass is 10.0. The molecule has 15 heavy (non-hydrogen) atoms. The smallest absolute Gasteiger partial charge is 0.142 e. The highest BCUT2D eigenvalue weighted by Crippen LogP contribution is 2.28. The van der Waals surface area contributed by atoms with E-state index in [0.717, 1.165) is 0 Å². The molecule has 0 fully saturated rings. The minimum atomic E-state index is -1.03. The van der Waals surface area contributed by atoms with Crippen molar-refractivity contribution in [2.75, 3.05) is 0 Å². The van der Waals surface area contributed by atoms with Gasteiger partial charge in [0.2, 0.25) is 0 Å². The van der Waals surface area contributed by atoms with Gasteiger partial charge in [-0.25, -0.2) is 0 Å². The summed E-state index contributed by atoms with van der Waals surface area (Å²) >= 11 is 0. The molecule has 2 rings (SSSR count). The molecule has 0 spiro atoms. The number of benzene rings is 1. The summed E-state index contributed by atoms with van der Waals surface area (Å²) in [6, 6.07) is 12.3. The normalized spacial score (nSPS) is 14.8. The molecule has 1 heterocycles. The molecule has 0 saturated carbocycles. The molecule has 0 aliphatic carbocycles. The van der Waals surface area contributed by atoms with Gasteiger partial charge in [-0.2, -0.15) is 0 Å². The third-order valence-corrected chi connectivity index (χ3v) is 2.27. The molecule has 3 nitrogen and oxygen atoms in total. The molecule has 2 aromatic rings. The van der Waals surface area contributed by atoms with Gasteiger partial charge in [0.1, 0.15) is 18.0 Å². The third kappa shape index (κ3) is 2.09. The van der Waals surface area contributed by atoms with Crippen LogP contribution in [0.3, 0.4) is 0 Å². The average Bonchev–Trinajstić information content (AvgIpc) is 2.82. The molecule has 1 aromatic heterocycles. The quantitative estimate of drug-likeness (QED) is 0.804. The van der Waals surface area contributed by atoms with Crippen molar-refractivity contribution in [1.29, 1.82) is 0 Å². The standard InChI is InChI=1S/C12H12O3/c13-11(9-5-2-1-3-6-9)12(14)10-7-4-8-15-10/h1-8,11-14H. The maximum absolute atomic E-state index is 9.85. The van der Waals surface area contributed by atoms with Crippen molar-refractivity contribution in [3.05, 3.63) is 60.1 Å². The van der Waals surface area contributed by atoms with Gasteiger partial charge >= 0.3 is 0 Å². The summed E-state index contributed by atoms with van der Waals surface area (Å²) in [6.45, 7) is 0. The molecule has 3 heteroatoms. The van der Waals surface area contributed by atoms with Crippen LogP contribution >= 0.6 is 0 Å². The Hall–Kier alpha value is -1.58. The first kappa shape index (κ1) is 9.96. The second kappa shape index (κ2) is 4.29. The molecule has 0 bridgehead atoms. The fourth-order valence-corrected chi connectivity index (χ4v) is 1.45. The van der Waals surface area contributed by atoms with Gasteiger partial charge in [0.15, 0.2) is 0 Å². The molecule has 0 aliphatic rings. The second-order valence-corrected chi connectivity index (χ2v) is 3.32. The van der Waals surface area contributed by atoms with Gasteiger partial charge in [0, 0.05) is 0 Å². The monoisotopic (exact) mass is 204 g/mol. The zero-order valence-electron chi connectivity index (χ0n) is 8.08. The van der Waals surface area contributed by atoms with Gasteiger partial charge in [0.25, 0.3) is 0 Å². The Kier molecular flexibility index (Phi) is 2.85. The predicted molar refractivity (Wildman–Crippen MR) is 55.1 cm³/mol. The third-order valence-electron chi connectivity index (χ3n) is 2.27. The number of rotatable bonds is 3. The van der Waals surface area contributed by atoms with Gasteiger partial charge in [-0.05, 0) is 17.7 Å². The summed E-state index contributed by atoms with van der Waals surface area (Å²) in [5.41, 5.74) is 0.668. The first-order valence-electron chi connectivity index (χ1n) is 4.73. The summed E-state index contributed by atoms with van der Waals surface area (Å²) in [7, 11) is 0. The van der Waals surface area contributed by atoms with Gasteiger partial charge in [0.05, 0.1) is 6.26 Å². The van der Waals surface area contributed by atoms with E-state index in [1.807, 2.05) is 18.2 Å². The Morgan fingerprint density at radius 3 is 2.20 bits per heavy atom. The van der Waals surface area contributed by atoms with Crippen molar-refractivity contribution in [1.82, 2.24) is 0 Å². The molecule has 0 aliphatic heterocycles. The van der Waals surface area contributed by atoms with E-state index in [9.17, 15) is 10.2 Å². The number of aliphatic hydroxyl groups excluding tert-OH is 2. The molecule has 0 radical (unpaired) electrons. The Morgan fingerprint density at radius 1 is 0.867 bits per heavy atom. The fourth-order valence-electron chi connectivity index (χ4n) is 1.45. The van der Waals surface area contributed by atoms with Gasteiger partial charge in [-0.1, -0.05) is 30.3 Å². The van der Waals surface area contributed by atoms with Crippen molar-refractivity contribution in [3.63, 3.8) is 0 Å². The molecule has 78 valence electrons. The Bertz CT molecular complexity index is 394. The highest BCUT2D eigenvalue weighted by atomic mass is 16.4. The maximum atomic E-state index is 9.85. The van der Waals surface area contributed by atoms with E-state index >= 15 is 0 Å². The SMILES string of the molecule is OC(c1ccccc1)C(O)c1ccco1. The van der Waals surface area contributed by atoms with Crippen LogP contribution in [0.15, 0.2) is 53.1 Å². The largest absolute Gasteiger partial charge is 0.466 e. The second-order valence-electron chi connectivity index (χ2n) is 3.32. The van der Waals surface area contributed by atoms with Crippen LogP contribution in [0, 0.1) is 0 Å². The lowest BCUT2D eigenvalue weighted by molar-refractivity contribution is 0.00417. The summed E-state index contributed by atoms with van der Waals surface area (Å²) < 4.78 is 5.03. The van der Waals surface area contributed by atoms with Crippen LogP contribution in [0.4, 0.5) is 0 Å². The zero-order valence-corrected chi connectivity index (χ0v) is 8.08. The lowest BCUT2D eigenvalue weighted by Crippen LogP contribution is -2.09. The van der Waals surface area contributed by atoms with E-state index in [0.29, 0.717) is 11.3 Å². The summed E-state index contributed by atoms with van der Waals surface area (Å²) in [4.78, 5) is 0. The highest BCUT2D eigenvalue weighted by molar-refractivity contribution is 5.20. The Labute approximate surface area is 87.6 Å². The predicted octanol–water partition coefficient (Wildman–Crippen LogP) is 2.05. The molecule has 2 atom stereocenters. The summed E-state index contributed by atoms with van der Waals surface area (Å²) in [5, 5.41) is 19.6. The molecule has 1 aromatic carbocycles. The fraction of sp³-hybridized carbons (Fsp3) is 0.167. The van der Waals surface area contributed by atoms with Crippen molar-refractivity contribution in [2.24, 2.45) is 0 Å². The van der Waals surface area contributed by atoms with Crippen molar-refractivity contribution in [2.45, 2.75) is 12.2 Å². The van der Waals surface area contributed by atoms with Gasteiger partial charge < -0.3 is 14.6 Å². The molecular formula is C12H12O3. The lowest BCUT2D eigenvalue weighted by Gasteiger charge is -2.15. The van der Waals surface area contributed by atoms with Gasteiger partial charge in [-0.15, -0.1) is 0 Å². The molecule has 2 N–H and O–H groups in total. The van der Waals surface area contributed by atoms with Crippen molar-refractivity contribution >= 4 is 0 Å². The average molecular weight is 204 g/mol. The van der Waals surface area contributed by atoms with Crippen LogP contribution < -0.4 is 0 Å². The van der Waals surface area contributed by atoms with Crippen LogP contribution in [0.25, 0.3) is 0 Å². The Balaban J connectivity index is 2.18. The van der Waals surface area contributed by atoms with E-state index in [-0.39, 0.29) is 0 Å².